The van der Waals surface area contributed by atoms with Gasteiger partial charge in [-0.25, -0.2) is 9.97 Å². The van der Waals surface area contributed by atoms with Crippen LogP contribution in [-0.4, -0.2) is 73.7 Å². The Bertz CT molecular complexity index is 1520. The Kier molecular flexibility index (Phi) is 6.79. The first-order chi connectivity index (χ1) is 19.4. The zero-order valence-electron chi connectivity index (χ0n) is 22.6. The first-order valence-electron chi connectivity index (χ1n) is 13.8. The topological polar surface area (TPSA) is 111 Å². The lowest BCUT2D eigenvalue weighted by molar-refractivity contribution is -0.136. The molecule has 0 aliphatic carbocycles. The molecular formula is C31H32N6O3. The van der Waals surface area contributed by atoms with Crippen LogP contribution in [0.5, 0.6) is 0 Å². The van der Waals surface area contributed by atoms with E-state index in [1.165, 1.54) is 0 Å². The fraction of sp³-hybridized carbons (Fsp3) is 0.323. The number of carbonyl (C=O) groups is 3. The summed E-state index contributed by atoms with van der Waals surface area (Å²) in [7, 11) is 0. The number of piperazine rings is 1. The highest BCUT2D eigenvalue weighted by atomic mass is 16.2. The van der Waals surface area contributed by atoms with Crippen LogP contribution in [0, 0.1) is 5.92 Å². The van der Waals surface area contributed by atoms with E-state index in [1.807, 2.05) is 73.3 Å². The molecule has 4 heterocycles. The van der Waals surface area contributed by atoms with Crippen molar-refractivity contribution in [2.75, 3.05) is 13.1 Å². The number of hydrogen-bond donors (Lipinski definition) is 2. The Balaban J connectivity index is 1.12. The van der Waals surface area contributed by atoms with Crippen molar-refractivity contribution in [2.24, 2.45) is 5.92 Å². The molecule has 2 aliphatic rings. The van der Waals surface area contributed by atoms with Crippen LogP contribution < -0.4 is 5.32 Å². The van der Waals surface area contributed by atoms with Gasteiger partial charge in [-0.05, 0) is 30.0 Å². The normalized spacial score (nSPS) is 19.6. The average molecular weight is 537 g/mol. The van der Waals surface area contributed by atoms with Crippen molar-refractivity contribution in [3.8, 4) is 11.1 Å². The standard InChI is InChI=1S/C31H32N6O3/c1-3-19(2)27(35-29(38)26-13-21-11-7-8-12-25(21)34-26)30(39)36-17-24-14-23(36)18-37(24)31(40)28-32-15-22(16-33-28)20-9-5-4-6-10-20/h4-13,15-16,19,23-24,27,34H,3,14,17-18H2,1-2H3,(H,35,38)/t19-,23-,24-,27-/m0/s1. The first-order valence-corrected chi connectivity index (χ1v) is 13.8. The van der Waals surface area contributed by atoms with Gasteiger partial charge in [0.15, 0.2) is 0 Å². The van der Waals surface area contributed by atoms with Crippen molar-refractivity contribution in [2.45, 2.75) is 44.8 Å². The van der Waals surface area contributed by atoms with Crippen LogP contribution >= 0.6 is 0 Å². The van der Waals surface area contributed by atoms with Gasteiger partial charge in [-0.2, -0.15) is 0 Å². The van der Waals surface area contributed by atoms with E-state index in [0.29, 0.717) is 25.2 Å². The molecule has 0 radical (unpaired) electrons. The smallest absolute Gasteiger partial charge is 0.292 e. The number of benzene rings is 2. The molecule has 2 aromatic heterocycles. The molecule has 0 spiro atoms. The number of amides is 3. The van der Waals surface area contributed by atoms with Crippen LogP contribution in [0.1, 0.15) is 47.8 Å². The lowest BCUT2D eigenvalue weighted by Gasteiger charge is -2.37. The van der Waals surface area contributed by atoms with Crippen LogP contribution in [0.3, 0.4) is 0 Å². The quantitative estimate of drug-likeness (QED) is 0.372. The predicted molar refractivity (Wildman–Crippen MR) is 151 cm³/mol. The molecule has 3 amide bonds. The molecule has 2 aliphatic heterocycles. The maximum atomic E-state index is 13.8. The van der Waals surface area contributed by atoms with Gasteiger partial charge in [-0.1, -0.05) is 68.8 Å². The Morgan fingerprint density at radius 3 is 2.30 bits per heavy atom. The number of likely N-dealkylation sites (tertiary alicyclic amines) is 2. The Labute approximate surface area is 232 Å². The van der Waals surface area contributed by atoms with Gasteiger partial charge in [-0.15, -0.1) is 0 Å². The molecule has 2 aromatic carbocycles. The van der Waals surface area contributed by atoms with Crippen molar-refractivity contribution in [3.05, 3.63) is 84.6 Å². The highest BCUT2D eigenvalue weighted by Crippen LogP contribution is 2.33. The number of nitrogens with zero attached hydrogens (tertiary/aromatic N) is 4. The molecule has 0 unspecified atom stereocenters. The summed E-state index contributed by atoms with van der Waals surface area (Å²) < 4.78 is 0. The Morgan fingerprint density at radius 2 is 1.62 bits per heavy atom. The maximum Gasteiger partial charge on any atom is 0.292 e. The zero-order valence-corrected chi connectivity index (χ0v) is 22.6. The third-order valence-electron chi connectivity index (χ3n) is 8.28. The maximum absolute atomic E-state index is 13.8. The monoisotopic (exact) mass is 536 g/mol. The molecule has 9 heteroatoms. The molecule has 2 bridgehead atoms. The summed E-state index contributed by atoms with van der Waals surface area (Å²) in [5, 5.41) is 3.94. The minimum atomic E-state index is -0.652. The van der Waals surface area contributed by atoms with Crippen molar-refractivity contribution in [3.63, 3.8) is 0 Å². The van der Waals surface area contributed by atoms with E-state index in [-0.39, 0.29) is 41.5 Å². The minimum Gasteiger partial charge on any atom is -0.351 e. The number of nitrogens with one attached hydrogen (secondary N) is 2. The molecule has 204 valence electrons. The summed E-state index contributed by atoms with van der Waals surface area (Å²) in [6.45, 7) is 4.86. The number of aromatic nitrogens is 3. The van der Waals surface area contributed by atoms with Crippen molar-refractivity contribution in [1.29, 1.82) is 0 Å². The molecule has 4 atom stereocenters. The van der Waals surface area contributed by atoms with Gasteiger partial charge in [0.2, 0.25) is 11.7 Å². The van der Waals surface area contributed by atoms with Gasteiger partial charge in [0.25, 0.3) is 11.8 Å². The lowest BCUT2D eigenvalue weighted by atomic mass is 9.97. The van der Waals surface area contributed by atoms with Crippen LogP contribution in [0.4, 0.5) is 0 Å². The third kappa shape index (κ3) is 4.72. The molecule has 4 aromatic rings. The molecule has 9 nitrogen and oxygen atoms in total. The van der Waals surface area contributed by atoms with Crippen LogP contribution in [-0.2, 0) is 4.79 Å². The largest absolute Gasteiger partial charge is 0.351 e. The van der Waals surface area contributed by atoms with E-state index < -0.39 is 6.04 Å². The van der Waals surface area contributed by atoms with E-state index in [9.17, 15) is 14.4 Å². The number of para-hydroxylation sites is 1. The highest BCUT2D eigenvalue weighted by Gasteiger charge is 2.49. The molecule has 2 saturated heterocycles. The highest BCUT2D eigenvalue weighted by molar-refractivity contribution is 6.00. The second kappa shape index (κ2) is 10.6. The van der Waals surface area contributed by atoms with E-state index >= 15 is 0 Å². The second-order valence-electron chi connectivity index (χ2n) is 10.8. The van der Waals surface area contributed by atoms with Gasteiger partial charge in [-0.3, -0.25) is 14.4 Å². The lowest BCUT2D eigenvalue weighted by Crippen LogP contribution is -2.57. The summed E-state index contributed by atoms with van der Waals surface area (Å²) in [4.78, 5) is 55.6. The number of rotatable bonds is 7. The number of fused-ring (bicyclic) bond motifs is 3. The minimum absolute atomic E-state index is 0.0470. The molecule has 0 saturated carbocycles. The Morgan fingerprint density at radius 1 is 0.950 bits per heavy atom. The number of H-pyrrole nitrogens is 1. The summed E-state index contributed by atoms with van der Waals surface area (Å²) >= 11 is 0. The van der Waals surface area contributed by atoms with E-state index in [1.54, 1.807) is 23.4 Å². The summed E-state index contributed by atoms with van der Waals surface area (Å²) in [6.07, 6.45) is 4.80. The number of aromatic amines is 1. The molecule has 40 heavy (non-hydrogen) atoms. The summed E-state index contributed by atoms with van der Waals surface area (Å²) in [5.41, 5.74) is 3.14. The van der Waals surface area contributed by atoms with Crippen molar-refractivity contribution < 1.29 is 14.4 Å². The second-order valence-corrected chi connectivity index (χ2v) is 10.8. The number of hydrogen-bond acceptors (Lipinski definition) is 5. The van der Waals surface area contributed by atoms with Gasteiger partial charge >= 0.3 is 0 Å². The van der Waals surface area contributed by atoms with E-state index in [4.69, 9.17) is 0 Å². The summed E-state index contributed by atoms with van der Waals surface area (Å²) in [6, 6.07) is 18.4. The van der Waals surface area contributed by atoms with Crippen molar-refractivity contribution >= 4 is 28.6 Å². The summed E-state index contributed by atoms with van der Waals surface area (Å²) in [5.74, 6) is -0.499. The first kappa shape index (κ1) is 25.7. The van der Waals surface area contributed by atoms with E-state index in [2.05, 4.69) is 20.3 Å². The van der Waals surface area contributed by atoms with E-state index in [0.717, 1.165) is 28.5 Å². The molecule has 2 N–H and O–H groups in total. The SMILES string of the molecule is CC[C@H](C)[C@H](NC(=O)c1cc2ccccc2[nH]1)C(=O)N1C[C@@H]2C[C@H]1CN2C(=O)c1ncc(-c2ccccc2)cn1. The average Bonchev–Trinajstić information content (AvgIpc) is 3.74. The van der Waals surface area contributed by atoms with Crippen LogP contribution in [0.25, 0.3) is 22.0 Å². The molecule has 6 rings (SSSR count). The molecular weight excluding hydrogens is 504 g/mol. The number of carbonyl (C=O) groups excluding carboxylic acids is 3. The van der Waals surface area contributed by atoms with Crippen LogP contribution in [0.15, 0.2) is 73.1 Å². The van der Waals surface area contributed by atoms with Crippen LogP contribution in [0.2, 0.25) is 0 Å². The third-order valence-corrected chi connectivity index (χ3v) is 8.28. The zero-order chi connectivity index (χ0) is 27.8. The van der Waals surface area contributed by atoms with Gasteiger partial charge in [0.05, 0.1) is 12.1 Å². The van der Waals surface area contributed by atoms with Gasteiger partial charge in [0.1, 0.15) is 11.7 Å². The Hall–Kier alpha value is -4.53. The van der Waals surface area contributed by atoms with Gasteiger partial charge in [0, 0.05) is 41.9 Å². The predicted octanol–water partition coefficient (Wildman–Crippen LogP) is 3.89. The fourth-order valence-corrected chi connectivity index (χ4v) is 5.81. The molecule has 2 fully saturated rings. The van der Waals surface area contributed by atoms with Crippen molar-refractivity contribution in [1.82, 2.24) is 30.1 Å². The fourth-order valence-electron chi connectivity index (χ4n) is 5.81. The van der Waals surface area contributed by atoms with Gasteiger partial charge < -0.3 is 20.1 Å².